The summed E-state index contributed by atoms with van der Waals surface area (Å²) < 4.78 is 0. The SMILES string of the molecule is CCCC(=O)N(Cc1ccc(Cl)cc1Cl)C(C)C(=O)NC1CCCC1. The molecule has 0 aromatic heterocycles. The highest BCUT2D eigenvalue weighted by molar-refractivity contribution is 6.35. The summed E-state index contributed by atoms with van der Waals surface area (Å²) in [7, 11) is 0. The Hall–Kier alpha value is -1.26. The van der Waals surface area contributed by atoms with E-state index in [1.54, 1.807) is 30.0 Å². The molecule has 1 unspecified atom stereocenters. The Labute approximate surface area is 159 Å². The van der Waals surface area contributed by atoms with Crippen LogP contribution < -0.4 is 5.32 Å². The van der Waals surface area contributed by atoms with E-state index in [0.29, 0.717) is 23.0 Å². The van der Waals surface area contributed by atoms with E-state index >= 15 is 0 Å². The molecule has 1 atom stereocenters. The molecule has 1 aliphatic carbocycles. The molecular weight excluding hydrogens is 359 g/mol. The Balaban J connectivity index is 2.13. The fourth-order valence-corrected chi connectivity index (χ4v) is 3.63. The zero-order chi connectivity index (χ0) is 18.4. The molecule has 0 spiro atoms. The summed E-state index contributed by atoms with van der Waals surface area (Å²) in [5, 5.41) is 4.13. The second-order valence-corrected chi connectivity index (χ2v) is 7.52. The van der Waals surface area contributed by atoms with Crippen molar-refractivity contribution in [3.63, 3.8) is 0 Å². The molecule has 25 heavy (non-hydrogen) atoms. The van der Waals surface area contributed by atoms with Crippen molar-refractivity contribution in [1.29, 1.82) is 0 Å². The number of hydrogen-bond donors (Lipinski definition) is 1. The van der Waals surface area contributed by atoms with Crippen molar-refractivity contribution in [3.05, 3.63) is 33.8 Å². The normalized spacial score (nSPS) is 15.8. The summed E-state index contributed by atoms with van der Waals surface area (Å²) in [4.78, 5) is 26.8. The third kappa shape index (κ3) is 5.61. The van der Waals surface area contributed by atoms with Crippen molar-refractivity contribution in [2.75, 3.05) is 0 Å². The van der Waals surface area contributed by atoms with E-state index in [4.69, 9.17) is 23.2 Å². The van der Waals surface area contributed by atoms with Gasteiger partial charge in [0.15, 0.2) is 0 Å². The molecule has 0 radical (unpaired) electrons. The van der Waals surface area contributed by atoms with Crippen LogP contribution >= 0.6 is 23.2 Å². The maximum absolute atomic E-state index is 12.6. The van der Waals surface area contributed by atoms with Crippen molar-refractivity contribution in [1.82, 2.24) is 10.2 Å². The number of hydrogen-bond acceptors (Lipinski definition) is 2. The van der Waals surface area contributed by atoms with E-state index in [9.17, 15) is 9.59 Å². The predicted octanol–water partition coefficient (Wildman–Crippen LogP) is 4.57. The van der Waals surface area contributed by atoms with Crippen molar-refractivity contribution in [3.8, 4) is 0 Å². The summed E-state index contributed by atoms with van der Waals surface area (Å²) in [6.07, 6.45) is 5.48. The van der Waals surface area contributed by atoms with E-state index in [-0.39, 0.29) is 17.9 Å². The summed E-state index contributed by atoms with van der Waals surface area (Å²) in [5.74, 6) is -0.135. The summed E-state index contributed by atoms with van der Waals surface area (Å²) in [6.45, 7) is 4.03. The van der Waals surface area contributed by atoms with Gasteiger partial charge in [-0.15, -0.1) is 0 Å². The molecule has 1 fully saturated rings. The minimum absolute atomic E-state index is 0.0393. The lowest BCUT2D eigenvalue weighted by Crippen LogP contribution is -2.49. The molecule has 0 heterocycles. The molecule has 1 aromatic carbocycles. The van der Waals surface area contributed by atoms with Crippen LogP contribution in [-0.2, 0) is 16.1 Å². The molecule has 0 bridgehead atoms. The van der Waals surface area contributed by atoms with E-state index < -0.39 is 6.04 Å². The van der Waals surface area contributed by atoms with Gasteiger partial charge in [-0.1, -0.05) is 49.0 Å². The lowest BCUT2D eigenvalue weighted by molar-refractivity contribution is -0.140. The second-order valence-electron chi connectivity index (χ2n) is 6.67. The molecular formula is C19H26Cl2N2O2. The highest BCUT2D eigenvalue weighted by Crippen LogP contribution is 2.24. The van der Waals surface area contributed by atoms with E-state index in [2.05, 4.69) is 5.32 Å². The molecule has 0 aliphatic heterocycles. The molecule has 0 saturated heterocycles. The smallest absolute Gasteiger partial charge is 0.242 e. The van der Waals surface area contributed by atoms with Gasteiger partial charge in [0.25, 0.3) is 0 Å². The standard InChI is InChI=1S/C19H26Cl2N2O2/c1-3-6-18(24)23(12-14-9-10-15(20)11-17(14)21)13(2)19(25)22-16-7-4-5-8-16/h9-11,13,16H,3-8,12H2,1-2H3,(H,22,25). The molecule has 1 aliphatic rings. The van der Waals surface area contributed by atoms with Crippen molar-refractivity contribution >= 4 is 35.0 Å². The molecule has 138 valence electrons. The van der Waals surface area contributed by atoms with Gasteiger partial charge in [-0.2, -0.15) is 0 Å². The minimum atomic E-state index is -0.536. The van der Waals surface area contributed by atoms with Crippen molar-refractivity contribution in [2.24, 2.45) is 0 Å². The third-order valence-corrected chi connectivity index (χ3v) is 5.28. The first-order valence-corrected chi connectivity index (χ1v) is 9.71. The Morgan fingerprint density at radius 1 is 1.28 bits per heavy atom. The molecule has 2 amide bonds. The van der Waals surface area contributed by atoms with Gasteiger partial charge >= 0.3 is 0 Å². The van der Waals surface area contributed by atoms with Crippen LogP contribution in [0.2, 0.25) is 10.0 Å². The lowest BCUT2D eigenvalue weighted by Gasteiger charge is -2.30. The molecule has 6 heteroatoms. The number of amides is 2. The fraction of sp³-hybridized carbons (Fsp3) is 0.579. The molecule has 1 aromatic rings. The quantitative estimate of drug-likeness (QED) is 0.748. The van der Waals surface area contributed by atoms with E-state index in [1.165, 1.54) is 0 Å². The zero-order valence-electron chi connectivity index (χ0n) is 14.9. The average Bonchev–Trinajstić information content (AvgIpc) is 3.06. The van der Waals surface area contributed by atoms with Crippen LogP contribution in [0, 0.1) is 0 Å². The van der Waals surface area contributed by atoms with Gasteiger partial charge in [0.05, 0.1) is 0 Å². The van der Waals surface area contributed by atoms with E-state index in [0.717, 1.165) is 37.7 Å². The Bertz CT molecular complexity index is 615. The van der Waals surface area contributed by atoms with E-state index in [1.807, 2.05) is 6.92 Å². The number of carbonyl (C=O) groups is 2. The number of rotatable bonds is 7. The number of carbonyl (C=O) groups excluding carboxylic acids is 2. The first kappa shape index (κ1) is 20.1. The summed E-state index contributed by atoms with van der Waals surface area (Å²) in [6, 6.07) is 4.90. The monoisotopic (exact) mass is 384 g/mol. The third-order valence-electron chi connectivity index (χ3n) is 4.69. The second kappa shape index (κ2) is 9.44. The Morgan fingerprint density at radius 2 is 1.96 bits per heavy atom. The topological polar surface area (TPSA) is 49.4 Å². The van der Waals surface area contributed by atoms with Crippen molar-refractivity contribution in [2.45, 2.75) is 71.0 Å². The Morgan fingerprint density at radius 3 is 2.56 bits per heavy atom. The van der Waals surface area contributed by atoms with Gasteiger partial charge in [0.2, 0.25) is 11.8 Å². The van der Waals surface area contributed by atoms with Crippen LogP contribution in [0.5, 0.6) is 0 Å². The van der Waals surface area contributed by atoms with Gasteiger partial charge in [0, 0.05) is 29.1 Å². The molecule has 2 rings (SSSR count). The van der Waals surface area contributed by atoms with Crippen LogP contribution in [0.1, 0.15) is 57.9 Å². The highest BCUT2D eigenvalue weighted by atomic mass is 35.5. The van der Waals surface area contributed by atoms with Crippen LogP contribution in [-0.4, -0.2) is 28.8 Å². The van der Waals surface area contributed by atoms with Crippen LogP contribution in [0.4, 0.5) is 0 Å². The van der Waals surface area contributed by atoms with Crippen molar-refractivity contribution < 1.29 is 9.59 Å². The van der Waals surface area contributed by atoms with Gasteiger partial charge in [-0.3, -0.25) is 9.59 Å². The number of nitrogens with one attached hydrogen (secondary N) is 1. The average molecular weight is 385 g/mol. The lowest BCUT2D eigenvalue weighted by atomic mass is 10.1. The van der Waals surface area contributed by atoms with Crippen LogP contribution in [0.15, 0.2) is 18.2 Å². The van der Waals surface area contributed by atoms with Crippen LogP contribution in [0.25, 0.3) is 0 Å². The van der Waals surface area contributed by atoms with Gasteiger partial charge in [0.1, 0.15) is 6.04 Å². The van der Waals surface area contributed by atoms with Gasteiger partial charge < -0.3 is 10.2 Å². The minimum Gasteiger partial charge on any atom is -0.352 e. The summed E-state index contributed by atoms with van der Waals surface area (Å²) in [5.41, 5.74) is 0.788. The number of halogens is 2. The van der Waals surface area contributed by atoms with Gasteiger partial charge in [-0.25, -0.2) is 0 Å². The highest BCUT2D eigenvalue weighted by Gasteiger charge is 2.28. The number of nitrogens with zero attached hydrogens (tertiary/aromatic N) is 1. The van der Waals surface area contributed by atoms with Crippen LogP contribution in [0.3, 0.4) is 0 Å². The maximum Gasteiger partial charge on any atom is 0.242 e. The largest absolute Gasteiger partial charge is 0.352 e. The number of benzene rings is 1. The predicted molar refractivity (Wildman–Crippen MR) is 102 cm³/mol. The molecule has 1 N–H and O–H groups in total. The molecule has 4 nitrogen and oxygen atoms in total. The fourth-order valence-electron chi connectivity index (χ4n) is 3.17. The maximum atomic E-state index is 12.6. The summed E-state index contributed by atoms with van der Waals surface area (Å²) >= 11 is 12.2. The Kier molecular flexibility index (Phi) is 7.57. The zero-order valence-corrected chi connectivity index (χ0v) is 16.4. The first-order chi connectivity index (χ1) is 11.9. The first-order valence-electron chi connectivity index (χ1n) is 8.96. The van der Waals surface area contributed by atoms with Gasteiger partial charge in [-0.05, 0) is 43.9 Å². The molecule has 1 saturated carbocycles.